The molecule has 1 N–H and O–H groups in total. The number of benzene rings is 1. The van der Waals surface area contributed by atoms with Crippen molar-refractivity contribution in [3.05, 3.63) is 29.8 Å². The van der Waals surface area contributed by atoms with E-state index in [0.29, 0.717) is 29.9 Å². The minimum Gasteiger partial charge on any atom is -0.314 e. The lowest BCUT2D eigenvalue weighted by Gasteiger charge is -2.32. The highest BCUT2D eigenvalue weighted by molar-refractivity contribution is 7.89. The Hall–Kier alpha value is -0.910. The molecule has 1 heterocycles. The number of nitrogens with one attached hydrogen (secondary N) is 1. The molecule has 0 bridgehead atoms. The van der Waals surface area contributed by atoms with Crippen molar-refractivity contribution in [2.75, 3.05) is 19.6 Å². The predicted molar refractivity (Wildman–Crippen MR) is 85.8 cm³/mol. The van der Waals surface area contributed by atoms with Crippen LogP contribution in [-0.4, -0.2) is 38.4 Å². The number of aryl methyl sites for hydroxylation is 1. The molecule has 1 saturated heterocycles. The van der Waals surface area contributed by atoms with Crippen LogP contribution >= 0.6 is 0 Å². The lowest BCUT2D eigenvalue weighted by molar-refractivity contribution is 0.256. The molecule has 1 aliphatic heterocycles. The largest absolute Gasteiger partial charge is 0.314 e. The molecule has 5 heteroatoms. The SMILES string of the molecule is Cc1ccc(S(=O)(=O)N2CCCC(CNC(C)C)C2)cc1. The van der Waals surface area contributed by atoms with Crippen LogP contribution in [0.15, 0.2) is 29.2 Å². The van der Waals surface area contributed by atoms with Crippen LogP contribution in [-0.2, 0) is 10.0 Å². The van der Waals surface area contributed by atoms with Gasteiger partial charge in [0, 0.05) is 19.1 Å². The summed E-state index contributed by atoms with van der Waals surface area (Å²) in [4.78, 5) is 0.408. The molecule has 21 heavy (non-hydrogen) atoms. The predicted octanol–water partition coefficient (Wildman–Crippen LogP) is 2.39. The van der Waals surface area contributed by atoms with E-state index in [-0.39, 0.29) is 0 Å². The minimum atomic E-state index is -3.34. The number of sulfonamides is 1. The number of rotatable bonds is 5. The average molecular weight is 310 g/mol. The van der Waals surface area contributed by atoms with Crippen molar-refractivity contribution >= 4 is 10.0 Å². The van der Waals surface area contributed by atoms with Gasteiger partial charge in [-0.15, -0.1) is 0 Å². The van der Waals surface area contributed by atoms with Crippen LogP contribution in [0.25, 0.3) is 0 Å². The summed E-state index contributed by atoms with van der Waals surface area (Å²) in [5.74, 6) is 0.404. The smallest absolute Gasteiger partial charge is 0.243 e. The van der Waals surface area contributed by atoms with E-state index in [1.54, 1.807) is 16.4 Å². The molecule has 1 aliphatic rings. The van der Waals surface area contributed by atoms with Gasteiger partial charge in [-0.25, -0.2) is 8.42 Å². The summed E-state index contributed by atoms with van der Waals surface area (Å²) in [6.07, 6.45) is 2.04. The Morgan fingerprint density at radius 1 is 1.29 bits per heavy atom. The monoisotopic (exact) mass is 310 g/mol. The Morgan fingerprint density at radius 3 is 2.57 bits per heavy atom. The second kappa shape index (κ2) is 6.90. The number of piperidine rings is 1. The van der Waals surface area contributed by atoms with E-state index in [1.165, 1.54) is 0 Å². The van der Waals surface area contributed by atoms with Gasteiger partial charge in [0.25, 0.3) is 0 Å². The maximum absolute atomic E-state index is 12.7. The fraction of sp³-hybridized carbons (Fsp3) is 0.625. The molecule has 0 spiro atoms. The fourth-order valence-electron chi connectivity index (χ4n) is 2.67. The van der Waals surface area contributed by atoms with Crippen molar-refractivity contribution in [1.29, 1.82) is 0 Å². The zero-order chi connectivity index (χ0) is 15.5. The van der Waals surface area contributed by atoms with Gasteiger partial charge in [-0.3, -0.25) is 0 Å². The summed E-state index contributed by atoms with van der Waals surface area (Å²) >= 11 is 0. The molecule has 1 aromatic rings. The topological polar surface area (TPSA) is 49.4 Å². The van der Waals surface area contributed by atoms with Gasteiger partial charge < -0.3 is 5.32 Å². The van der Waals surface area contributed by atoms with Crippen LogP contribution in [0.5, 0.6) is 0 Å². The molecule has 118 valence electrons. The molecular formula is C16H26N2O2S. The van der Waals surface area contributed by atoms with Crippen LogP contribution in [0.3, 0.4) is 0 Å². The quantitative estimate of drug-likeness (QED) is 0.908. The zero-order valence-electron chi connectivity index (χ0n) is 13.2. The maximum Gasteiger partial charge on any atom is 0.243 e. The first-order chi connectivity index (χ1) is 9.89. The van der Waals surface area contributed by atoms with Gasteiger partial charge in [-0.1, -0.05) is 31.5 Å². The Bertz CT molecular complexity index is 552. The third kappa shape index (κ3) is 4.28. The van der Waals surface area contributed by atoms with Gasteiger partial charge in [-0.05, 0) is 44.4 Å². The van der Waals surface area contributed by atoms with Crippen LogP contribution in [0.1, 0.15) is 32.3 Å². The van der Waals surface area contributed by atoms with E-state index in [0.717, 1.165) is 24.9 Å². The summed E-state index contributed by atoms with van der Waals surface area (Å²) in [5.41, 5.74) is 1.08. The van der Waals surface area contributed by atoms with Crippen molar-refractivity contribution in [1.82, 2.24) is 9.62 Å². The second-order valence-corrected chi connectivity index (χ2v) is 8.19. The summed E-state index contributed by atoms with van der Waals surface area (Å²) in [5, 5.41) is 3.41. The van der Waals surface area contributed by atoms with E-state index in [9.17, 15) is 8.42 Å². The molecule has 1 unspecified atom stereocenters. The molecule has 2 rings (SSSR count). The zero-order valence-corrected chi connectivity index (χ0v) is 14.0. The highest BCUT2D eigenvalue weighted by Gasteiger charge is 2.29. The van der Waals surface area contributed by atoms with Crippen LogP contribution in [0.4, 0.5) is 0 Å². The molecule has 0 radical (unpaired) electrons. The lowest BCUT2D eigenvalue weighted by Crippen LogP contribution is -2.43. The van der Waals surface area contributed by atoms with Gasteiger partial charge in [0.1, 0.15) is 0 Å². The molecule has 4 nitrogen and oxygen atoms in total. The summed E-state index contributed by atoms with van der Waals surface area (Å²) in [6, 6.07) is 7.57. The van der Waals surface area contributed by atoms with E-state index >= 15 is 0 Å². The van der Waals surface area contributed by atoms with Crippen molar-refractivity contribution in [3.8, 4) is 0 Å². The molecule has 0 aromatic heterocycles. The summed E-state index contributed by atoms with van der Waals surface area (Å²) in [7, 11) is -3.34. The van der Waals surface area contributed by atoms with E-state index < -0.39 is 10.0 Å². The molecular weight excluding hydrogens is 284 g/mol. The summed E-state index contributed by atoms with van der Waals surface area (Å²) in [6.45, 7) is 8.33. The highest BCUT2D eigenvalue weighted by Crippen LogP contribution is 2.23. The molecule has 1 atom stereocenters. The number of hydrogen-bond donors (Lipinski definition) is 1. The number of nitrogens with zero attached hydrogens (tertiary/aromatic N) is 1. The van der Waals surface area contributed by atoms with Crippen LogP contribution < -0.4 is 5.32 Å². The average Bonchev–Trinajstić information content (AvgIpc) is 2.46. The first kappa shape index (κ1) is 16.5. The van der Waals surface area contributed by atoms with Gasteiger partial charge >= 0.3 is 0 Å². The Balaban J connectivity index is 2.07. The normalized spacial score (nSPS) is 20.9. The number of hydrogen-bond acceptors (Lipinski definition) is 3. The highest BCUT2D eigenvalue weighted by atomic mass is 32.2. The van der Waals surface area contributed by atoms with Crippen molar-refractivity contribution in [2.45, 2.75) is 44.6 Å². The first-order valence-electron chi connectivity index (χ1n) is 7.70. The second-order valence-electron chi connectivity index (χ2n) is 6.25. The van der Waals surface area contributed by atoms with Gasteiger partial charge in [-0.2, -0.15) is 4.31 Å². The maximum atomic E-state index is 12.7. The molecule has 0 saturated carbocycles. The fourth-order valence-corrected chi connectivity index (χ4v) is 4.23. The van der Waals surface area contributed by atoms with Gasteiger partial charge in [0.2, 0.25) is 10.0 Å². The molecule has 1 aromatic carbocycles. The van der Waals surface area contributed by atoms with Gasteiger partial charge in [0.05, 0.1) is 4.90 Å². The third-order valence-corrected chi connectivity index (χ3v) is 5.83. The molecule has 0 amide bonds. The Morgan fingerprint density at radius 2 is 1.95 bits per heavy atom. The Kier molecular flexibility index (Phi) is 5.41. The van der Waals surface area contributed by atoms with Crippen LogP contribution in [0, 0.1) is 12.8 Å². The van der Waals surface area contributed by atoms with Crippen molar-refractivity contribution < 1.29 is 8.42 Å². The standard InChI is InChI=1S/C16H26N2O2S/c1-13(2)17-11-15-5-4-10-18(12-15)21(19,20)16-8-6-14(3)7-9-16/h6-9,13,15,17H,4-5,10-12H2,1-3H3. The van der Waals surface area contributed by atoms with Crippen molar-refractivity contribution in [2.24, 2.45) is 5.92 Å². The van der Waals surface area contributed by atoms with Crippen molar-refractivity contribution in [3.63, 3.8) is 0 Å². The van der Waals surface area contributed by atoms with Gasteiger partial charge in [0.15, 0.2) is 0 Å². The van der Waals surface area contributed by atoms with E-state index in [2.05, 4.69) is 19.2 Å². The Labute approximate surface area is 128 Å². The third-order valence-electron chi connectivity index (χ3n) is 3.96. The molecule has 1 fully saturated rings. The lowest BCUT2D eigenvalue weighted by atomic mass is 9.99. The first-order valence-corrected chi connectivity index (χ1v) is 9.14. The minimum absolute atomic E-state index is 0.404. The summed E-state index contributed by atoms with van der Waals surface area (Å²) < 4.78 is 27.0. The van der Waals surface area contributed by atoms with E-state index in [4.69, 9.17) is 0 Å². The van der Waals surface area contributed by atoms with Crippen LogP contribution in [0.2, 0.25) is 0 Å². The molecule has 0 aliphatic carbocycles. The van der Waals surface area contributed by atoms with E-state index in [1.807, 2.05) is 19.1 Å².